The maximum absolute atomic E-state index is 5.92. The molecular weight excluding hydrogens is 305 g/mol. The van der Waals surface area contributed by atoms with Crippen molar-refractivity contribution in [1.82, 2.24) is 4.90 Å². The molecule has 0 fully saturated rings. The van der Waals surface area contributed by atoms with E-state index in [-0.39, 0.29) is 12.4 Å². The number of nitrogens with zero attached hydrogens (tertiary/aromatic N) is 1. The molecule has 0 aliphatic heterocycles. The van der Waals surface area contributed by atoms with E-state index in [1.807, 2.05) is 36.4 Å². The van der Waals surface area contributed by atoms with E-state index in [1.54, 1.807) is 0 Å². The monoisotopic (exact) mass is 325 g/mol. The van der Waals surface area contributed by atoms with E-state index in [9.17, 15) is 0 Å². The number of ether oxygens (including phenoxy) is 1. The van der Waals surface area contributed by atoms with Gasteiger partial charge in [0.15, 0.2) is 0 Å². The highest BCUT2D eigenvalue weighted by molar-refractivity contribution is 6.18. The van der Waals surface area contributed by atoms with Crippen LogP contribution in [0.5, 0.6) is 5.75 Å². The molecule has 0 aliphatic rings. The third kappa shape index (κ3) is 5.58. The standard InChI is InChI=1S/C17H20ClNO.ClH/c1-19(12-11-18)13-14-20-17-10-6-5-9-16(17)15-7-3-2-4-8-15;/h2-10H,11-14H2,1H3;1H. The van der Waals surface area contributed by atoms with Gasteiger partial charge in [0.05, 0.1) is 0 Å². The van der Waals surface area contributed by atoms with E-state index in [2.05, 4.69) is 30.1 Å². The molecule has 0 aromatic heterocycles. The lowest BCUT2D eigenvalue weighted by Gasteiger charge is -2.16. The molecule has 21 heavy (non-hydrogen) atoms. The topological polar surface area (TPSA) is 12.5 Å². The van der Waals surface area contributed by atoms with Crippen LogP contribution in [0, 0.1) is 0 Å². The minimum atomic E-state index is 0. The van der Waals surface area contributed by atoms with Gasteiger partial charge in [0.1, 0.15) is 12.4 Å². The fraction of sp³-hybridized carbons (Fsp3) is 0.294. The van der Waals surface area contributed by atoms with Crippen LogP contribution in [0.4, 0.5) is 0 Å². The molecule has 0 radical (unpaired) electrons. The fourth-order valence-corrected chi connectivity index (χ4v) is 2.30. The molecule has 0 spiro atoms. The summed E-state index contributed by atoms with van der Waals surface area (Å²) in [5, 5.41) is 0. The molecule has 2 aromatic carbocycles. The molecule has 0 N–H and O–H groups in total. The Bertz CT molecular complexity index is 519. The zero-order valence-corrected chi connectivity index (χ0v) is 13.7. The van der Waals surface area contributed by atoms with Crippen LogP contribution < -0.4 is 4.74 Å². The van der Waals surface area contributed by atoms with Gasteiger partial charge in [0, 0.05) is 24.5 Å². The van der Waals surface area contributed by atoms with Gasteiger partial charge in [0.2, 0.25) is 0 Å². The summed E-state index contributed by atoms with van der Waals surface area (Å²) in [6, 6.07) is 18.5. The molecule has 2 nitrogen and oxygen atoms in total. The van der Waals surface area contributed by atoms with Crippen molar-refractivity contribution < 1.29 is 4.74 Å². The first-order valence-corrected chi connectivity index (χ1v) is 7.36. The van der Waals surface area contributed by atoms with Crippen molar-refractivity contribution in [2.75, 3.05) is 32.6 Å². The van der Waals surface area contributed by atoms with Crippen LogP contribution in [0.25, 0.3) is 11.1 Å². The number of hydrogen-bond acceptors (Lipinski definition) is 2. The zero-order valence-electron chi connectivity index (χ0n) is 12.2. The highest BCUT2D eigenvalue weighted by Crippen LogP contribution is 2.29. The molecule has 0 aliphatic carbocycles. The van der Waals surface area contributed by atoms with Crippen molar-refractivity contribution in [3.05, 3.63) is 54.6 Å². The first-order valence-electron chi connectivity index (χ1n) is 6.83. The predicted octanol–water partition coefficient (Wildman–Crippen LogP) is 4.32. The van der Waals surface area contributed by atoms with Crippen molar-refractivity contribution in [2.45, 2.75) is 0 Å². The molecule has 0 atom stereocenters. The molecule has 0 saturated heterocycles. The van der Waals surface area contributed by atoms with Crippen molar-refractivity contribution in [1.29, 1.82) is 0 Å². The van der Waals surface area contributed by atoms with Crippen molar-refractivity contribution in [3.8, 4) is 16.9 Å². The van der Waals surface area contributed by atoms with Crippen LogP contribution in [-0.4, -0.2) is 37.5 Å². The fourth-order valence-electron chi connectivity index (χ4n) is 2.02. The number of para-hydroxylation sites is 1. The molecule has 2 rings (SSSR count). The SMILES string of the molecule is CN(CCCl)CCOc1ccccc1-c1ccccc1.Cl. The van der Waals surface area contributed by atoms with Gasteiger partial charge < -0.3 is 9.64 Å². The zero-order chi connectivity index (χ0) is 14.2. The van der Waals surface area contributed by atoms with Crippen molar-refractivity contribution in [2.24, 2.45) is 0 Å². The first-order chi connectivity index (χ1) is 9.81. The van der Waals surface area contributed by atoms with Crippen LogP contribution >= 0.6 is 24.0 Å². The third-order valence-electron chi connectivity index (χ3n) is 3.17. The number of benzene rings is 2. The van der Waals surface area contributed by atoms with Crippen LogP contribution in [0.2, 0.25) is 0 Å². The van der Waals surface area contributed by atoms with Crippen LogP contribution in [-0.2, 0) is 0 Å². The lowest BCUT2D eigenvalue weighted by molar-refractivity contribution is 0.245. The van der Waals surface area contributed by atoms with Crippen LogP contribution in [0.3, 0.4) is 0 Å². The Kier molecular flexibility index (Phi) is 8.21. The van der Waals surface area contributed by atoms with Gasteiger partial charge in [0.25, 0.3) is 0 Å². The average molecular weight is 326 g/mol. The Hall–Kier alpha value is -1.22. The molecule has 2 aromatic rings. The van der Waals surface area contributed by atoms with E-state index in [0.29, 0.717) is 12.5 Å². The molecule has 0 heterocycles. The van der Waals surface area contributed by atoms with Crippen molar-refractivity contribution in [3.63, 3.8) is 0 Å². The van der Waals surface area contributed by atoms with E-state index >= 15 is 0 Å². The number of rotatable bonds is 7. The lowest BCUT2D eigenvalue weighted by atomic mass is 10.1. The summed E-state index contributed by atoms with van der Waals surface area (Å²) < 4.78 is 5.92. The summed E-state index contributed by atoms with van der Waals surface area (Å²) in [4.78, 5) is 2.16. The summed E-state index contributed by atoms with van der Waals surface area (Å²) in [6.45, 7) is 2.42. The smallest absolute Gasteiger partial charge is 0.127 e. The highest BCUT2D eigenvalue weighted by Gasteiger charge is 2.05. The Balaban J connectivity index is 0.00000220. The van der Waals surface area contributed by atoms with Gasteiger partial charge in [-0.25, -0.2) is 0 Å². The second-order valence-electron chi connectivity index (χ2n) is 4.70. The largest absolute Gasteiger partial charge is 0.492 e. The molecule has 0 amide bonds. The van der Waals surface area contributed by atoms with E-state index < -0.39 is 0 Å². The second kappa shape index (κ2) is 9.67. The second-order valence-corrected chi connectivity index (χ2v) is 5.08. The third-order valence-corrected chi connectivity index (χ3v) is 3.34. The van der Waals surface area contributed by atoms with E-state index in [1.165, 1.54) is 5.56 Å². The molecule has 114 valence electrons. The first kappa shape index (κ1) is 17.8. The minimum absolute atomic E-state index is 0. The Morgan fingerprint density at radius 3 is 2.33 bits per heavy atom. The quantitative estimate of drug-likeness (QED) is 0.703. The maximum Gasteiger partial charge on any atom is 0.127 e. The average Bonchev–Trinajstić information content (AvgIpc) is 2.49. The van der Waals surface area contributed by atoms with Crippen molar-refractivity contribution >= 4 is 24.0 Å². The maximum atomic E-state index is 5.92. The number of hydrogen-bond donors (Lipinski definition) is 0. The number of likely N-dealkylation sites (N-methyl/N-ethyl adjacent to an activating group) is 1. The molecular formula is C17H21Cl2NO. The van der Waals surface area contributed by atoms with Crippen LogP contribution in [0.15, 0.2) is 54.6 Å². The van der Waals surface area contributed by atoms with Crippen LogP contribution in [0.1, 0.15) is 0 Å². The summed E-state index contributed by atoms with van der Waals surface area (Å²) in [7, 11) is 2.05. The number of halogens is 2. The minimum Gasteiger partial charge on any atom is -0.492 e. The summed E-state index contributed by atoms with van der Waals surface area (Å²) in [5.41, 5.74) is 2.31. The Morgan fingerprint density at radius 1 is 0.952 bits per heavy atom. The number of alkyl halides is 1. The Morgan fingerprint density at radius 2 is 1.62 bits per heavy atom. The van der Waals surface area contributed by atoms with Gasteiger partial charge >= 0.3 is 0 Å². The van der Waals surface area contributed by atoms with Gasteiger partial charge in [-0.15, -0.1) is 24.0 Å². The van der Waals surface area contributed by atoms with E-state index in [0.717, 1.165) is 24.4 Å². The summed E-state index contributed by atoms with van der Waals surface area (Å²) in [6.07, 6.45) is 0. The predicted molar refractivity (Wildman–Crippen MR) is 92.8 cm³/mol. The molecule has 4 heteroatoms. The normalized spacial score (nSPS) is 10.2. The lowest BCUT2D eigenvalue weighted by Crippen LogP contribution is -2.26. The Labute approximate surface area is 138 Å². The van der Waals surface area contributed by atoms with Gasteiger partial charge in [-0.2, -0.15) is 0 Å². The van der Waals surface area contributed by atoms with Gasteiger partial charge in [-0.05, 0) is 18.7 Å². The van der Waals surface area contributed by atoms with Gasteiger partial charge in [-0.3, -0.25) is 0 Å². The molecule has 0 unspecified atom stereocenters. The summed E-state index contributed by atoms with van der Waals surface area (Å²) >= 11 is 5.72. The molecule has 0 saturated carbocycles. The molecule has 0 bridgehead atoms. The summed E-state index contributed by atoms with van der Waals surface area (Å²) in [5.74, 6) is 1.58. The highest BCUT2D eigenvalue weighted by atomic mass is 35.5. The van der Waals surface area contributed by atoms with E-state index in [4.69, 9.17) is 16.3 Å². The van der Waals surface area contributed by atoms with Gasteiger partial charge in [-0.1, -0.05) is 48.5 Å².